The fourth-order valence-corrected chi connectivity index (χ4v) is 3.88. The van der Waals surface area contributed by atoms with Crippen LogP contribution in [0.15, 0.2) is 16.9 Å². The van der Waals surface area contributed by atoms with Crippen LogP contribution in [0.3, 0.4) is 0 Å². The molecule has 25 heavy (non-hydrogen) atoms. The van der Waals surface area contributed by atoms with Gasteiger partial charge in [-0.2, -0.15) is 10.2 Å². The number of likely N-dealkylation sites (tertiary alicyclic amines) is 1. The van der Waals surface area contributed by atoms with Crippen molar-refractivity contribution in [3.8, 4) is 0 Å². The van der Waals surface area contributed by atoms with E-state index in [1.54, 1.807) is 10.7 Å². The average Bonchev–Trinajstić information content (AvgIpc) is 3.10. The molecule has 0 unspecified atom stereocenters. The zero-order valence-electron chi connectivity index (χ0n) is 15.4. The molecule has 6 nitrogen and oxygen atoms in total. The Labute approximate surface area is 148 Å². The van der Waals surface area contributed by atoms with Gasteiger partial charge >= 0.3 is 0 Å². The number of nitrogens with zero attached hydrogens (tertiary/aromatic N) is 4. The Morgan fingerprint density at radius 2 is 2.04 bits per heavy atom. The third-order valence-electron chi connectivity index (χ3n) is 5.36. The molecule has 1 N–H and O–H groups in total. The molecule has 0 amide bonds. The molecular weight excluding hydrogens is 314 g/mol. The molecule has 4 rings (SSSR count). The molecule has 134 valence electrons. The van der Waals surface area contributed by atoms with E-state index >= 15 is 0 Å². The second-order valence-electron chi connectivity index (χ2n) is 8.53. The van der Waals surface area contributed by atoms with Crippen molar-refractivity contribution >= 4 is 0 Å². The number of aryl methyl sites for hydroxylation is 1. The number of H-pyrrole nitrogens is 1. The summed E-state index contributed by atoms with van der Waals surface area (Å²) in [5, 5.41) is 12.3. The molecule has 0 saturated carbocycles. The van der Waals surface area contributed by atoms with Crippen LogP contribution in [0.1, 0.15) is 49.8 Å². The highest BCUT2D eigenvalue weighted by atomic mass is 16.1. The summed E-state index contributed by atoms with van der Waals surface area (Å²) in [6, 6.07) is 3.50. The van der Waals surface area contributed by atoms with E-state index in [0.29, 0.717) is 12.5 Å². The highest BCUT2D eigenvalue weighted by Gasteiger charge is 2.30. The maximum atomic E-state index is 12.1. The normalized spacial score (nSPS) is 18.4. The minimum absolute atomic E-state index is 0.00318. The molecule has 3 heterocycles. The van der Waals surface area contributed by atoms with Gasteiger partial charge in [0.25, 0.3) is 5.56 Å². The summed E-state index contributed by atoms with van der Waals surface area (Å²) in [4.78, 5) is 14.5. The summed E-state index contributed by atoms with van der Waals surface area (Å²) in [5.41, 5.74) is 4.92. The summed E-state index contributed by atoms with van der Waals surface area (Å²) in [5.74, 6) is 0.493. The summed E-state index contributed by atoms with van der Waals surface area (Å²) >= 11 is 0. The SMILES string of the molecule is CC(C)(C)c1ccc(=O)n(CC2CN(Cc3n[nH]c4c3CCC4)C2)n1. The quantitative estimate of drug-likeness (QED) is 0.922. The van der Waals surface area contributed by atoms with Gasteiger partial charge in [-0.25, -0.2) is 4.68 Å². The van der Waals surface area contributed by atoms with Gasteiger partial charge in [-0.05, 0) is 30.9 Å². The Kier molecular flexibility index (Phi) is 4.02. The number of nitrogens with one attached hydrogen (secondary N) is 1. The van der Waals surface area contributed by atoms with Crippen LogP contribution in [0.4, 0.5) is 0 Å². The van der Waals surface area contributed by atoms with Gasteiger partial charge in [0.05, 0.1) is 17.9 Å². The first-order valence-electron chi connectivity index (χ1n) is 9.26. The van der Waals surface area contributed by atoms with Crippen molar-refractivity contribution in [2.24, 2.45) is 5.92 Å². The van der Waals surface area contributed by atoms with Crippen molar-refractivity contribution < 1.29 is 0 Å². The molecule has 1 saturated heterocycles. The van der Waals surface area contributed by atoms with Gasteiger partial charge in [0.1, 0.15) is 0 Å². The van der Waals surface area contributed by atoms with E-state index in [4.69, 9.17) is 0 Å². The Bertz CT molecular complexity index is 823. The topological polar surface area (TPSA) is 66.8 Å². The van der Waals surface area contributed by atoms with E-state index in [2.05, 4.69) is 41.0 Å². The lowest BCUT2D eigenvalue weighted by Gasteiger charge is -2.39. The lowest BCUT2D eigenvalue weighted by atomic mass is 9.92. The first-order chi connectivity index (χ1) is 11.9. The summed E-state index contributed by atoms with van der Waals surface area (Å²) in [7, 11) is 0. The van der Waals surface area contributed by atoms with Crippen LogP contribution in [-0.2, 0) is 31.3 Å². The Balaban J connectivity index is 1.36. The average molecular weight is 341 g/mol. The molecule has 6 heteroatoms. The van der Waals surface area contributed by atoms with Crippen molar-refractivity contribution in [1.82, 2.24) is 24.9 Å². The van der Waals surface area contributed by atoms with Crippen LogP contribution in [0.25, 0.3) is 0 Å². The Morgan fingerprint density at radius 1 is 1.24 bits per heavy atom. The van der Waals surface area contributed by atoms with Gasteiger partial charge in [0.2, 0.25) is 0 Å². The van der Waals surface area contributed by atoms with Crippen LogP contribution < -0.4 is 5.56 Å². The zero-order valence-corrected chi connectivity index (χ0v) is 15.4. The van der Waals surface area contributed by atoms with Gasteiger partial charge in [0.15, 0.2) is 0 Å². The van der Waals surface area contributed by atoms with Gasteiger partial charge in [0, 0.05) is 42.7 Å². The number of aromatic nitrogens is 4. The summed E-state index contributed by atoms with van der Waals surface area (Å²) in [6.45, 7) is 10.0. The lowest BCUT2D eigenvalue weighted by Crippen LogP contribution is -2.49. The van der Waals surface area contributed by atoms with Crippen molar-refractivity contribution in [2.45, 2.75) is 58.5 Å². The van der Waals surface area contributed by atoms with Crippen molar-refractivity contribution in [2.75, 3.05) is 13.1 Å². The second kappa shape index (κ2) is 6.09. The monoisotopic (exact) mass is 341 g/mol. The third-order valence-corrected chi connectivity index (χ3v) is 5.36. The van der Waals surface area contributed by atoms with Crippen molar-refractivity contribution in [3.63, 3.8) is 0 Å². The highest BCUT2D eigenvalue weighted by molar-refractivity contribution is 5.29. The van der Waals surface area contributed by atoms with Gasteiger partial charge in [-0.3, -0.25) is 14.8 Å². The Hall–Kier alpha value is -1.95. The summed E-state index contributed by atoms with van der Waals surface area (Å²) in [6.07, 6.45) is 3.55. The van der Waals surface area contributed by atoms with Crippen LogP contribution in [0, 0.1) is 5.92 Å². The smallest absolute Gasteiger partial charge is 0.266 e. The number of hydrogen-bond donors (Lipinski definition) is 1. The van der Waals surface area contributed by atoms with E-state index in [1.807, 2.05) is 6.07 Å². The Morgan fingerprint density at radius 3 is 2.80 bits per heavy atom. The van der Waals surface area contributed by atoms with E-state index in [1.165, 1.54) is 23.4 Å². The summed E-state index contributed by atoms with van der Waals surface area (Å²) < 4.78 is 1.65. The van der Waals surface area contributed by atoms with Crippen molar-refractivity contribution in [3.05, 3.63) is 45.1 Å². The van der Waals surface area contributed by atoms with Crippen LogP contribution in [0.5, 0.6) is 0 Å². The molecule has 0 spiro atoms. The molecule has 2 aliphatic rings. The molecular formula is C19H27N5O. The van der Waals surface area contributed by atoms with Gasteiger partial charge < -0.3 is 0 Å². The maximum Gasteiger partial charge on any atom is 0.266 e. The lowest BCUT2D eigenvalue weighted by molar-refractivity contribution is 0.0748. The predicted molar refractivity (Wildman–Crippen MR) is 96.6 cm³/mol. The standard InChI is InChI=1S/C19H27N5O/c1-19(2,3)17-7-8-18(25)24(22-17)11-13-9-23(10-13)12-16-14-5-4-6-15(14)20-21-16/h7-8,13H,4-6,9-12H2,1-3H3,(H,20,21). The molecule has 1 fully saturated rings. The van der Waals surface area contributed by atoms with E-state index in [-0.39, 0.29) is 11.0 Å². The first-order valence-corrected chi connectivity index (χ1v) is 9.26. The van der Waals surface area contributed by atoms with Crippen LogP contribution >= 0.6 is 0 Å². The first kappa shape index (κ1) is 16.5. The molecule has 2 aromatic heterocycles. The minimum Gasteiger partial charge on any atom is -0.297 e. The predicted octanol–water partition coefficient (Wildman–Crippen LogP) is 1.88. The molecule has 1 aliphatic carbocycles. The molecule has 0 atom stereocenters. The van der Waals surface area contributed by atoms with Gasteiger partial charge in [-0.1, -0.05) is 20.8 Å². The highest BCUT2D eigenvalue weighted by Crippen LogP contribution is 2.26. The fourth-order valence-electron chi connectivity index (χ4n) is 3.88. The minimum atomic E-state index is -0.0402. The molecule has 2 aromatic rings. The third kappa shape index (κ3) is 3.27. The van der Waals surface area contributed by atoms with Crippen LogP contribution in [0.2, 0.25) is 0 Å². The number of fused-ring (bicyclic) bond motifs is 1. The van der Waals surface area contributed by atoms with E-state index in [0.717, 1.165) is 38.2 Å². The molecule has 0 radical (unpaired) electrons. The van der Waals surface area contributed by atoms with Gasteiger partial charge in [-0.15, -0.1) is 0 Å². The number of hydrogen-bond acceptors (Lipinski definition) is 4. The van der Waals surface area contributed by atoms with E-state index < -0.39 is 0 Å². The number of aromatic amines is 1. The molecule has 0 aromatic carbocycles. The van der Waals surface area contributed by atoms with Crippen LogP contribution in [-0.4, -0.2) is 38.0 Å². The molecule has 1 aliphatic heterocycles. The van der Waals surface area contributed by atoms with E-state index in [9.17, 15) is 4.79 Å². The zero-order chi connectivity index (χ0) is 17.6. The maximum absolute atomic E-state index is 12.1. The number of rotatable bonds is 4. The largest absolute Gasteiger partial charge is 0.297 e. The fraction of sp³-hybridized carbons (Fsp3) is 0.632. The molecule has 0 bridgehead atoms. The van der Waals surface area contributed by atoms with Crippen molar-refractivity contribution in [1.29, 1.82) is 0 Å². The second-order valence-corrected chi connectivity index (χ2v) is 8.53.